The summed E-state index contributed by atoms with van der Waals surface area (Å²) in [5.41, 5.74) is 1.20. The third-order valence-corrected chi connectivity index (χ3v) is 6.18. The van der Waals surface area contributed by atoms with Gasteiger partial charge in [0.1, 0.15) is 5.75 Å². The van der Waals surface area contributed by atoms with Crippen molar-refractivity contribution < 1.29 is 14.3 Å². The minimum absolute atomic E-state index is 0.162. The highest BCUT2D eigenvalue weighted by atomic mass is 32.1. The van der Waals surface area contributed by atoms with Crippen molar-refractivity contribution in [3.05, 3.63) is 52.2 Å². The Hall–Kier alpha value is -1.85. The van der Waals surface area contributed by atoms with Crippen LogP contribution in [0.2, 0.25) is 0 Å². The smallest absolute Gasteiger partial charge is 0.226 e. The van der Waals surface area contributed by atoms with Crippen LogP contribution in [0.15, 0.2) is 41.8 Å². The summed E-state index contributed by atoms with van der Waals surface area (Å²) >= 11 is 1.83. The first kappa shape index (κ1) is 16.6. The summed E-state index contributed by atoms with van der Waals surface area (Å²) in [6.45, 7) is 2.75. The minimum atomic E-state index is -0.162. The van der Waals surface area contributed by atoms with Crippen molar-refractivity contribution in [3.63, 3.8) is 0 Å². The van der Waals surface area contributed by atoms with Gasteiger partial charge in [-0.15, -0.1) is 11.3 Å². The Labute approximate surface area is 152 Å². The number of nitrogens with zero attached hydrogens (tertiary/aromatic N) is 1. The van der Waals surface area contributed by atoms with Crippen LogP contribution in [0.3, 0.4) is 0 Å². The van der Waals surface area contributed by atoms with Crippen molar-refractivity contribution in [1.29, 1.82) is 0 Å². The van der Waals surface area contributed by atoms with Gasteiger partial charge in [0.2, 0.25) is 5.91 Å². The van der Waals surface area contributed by atoms with Crippen LogP contribution in [0, 0.1) is 0 Å². The second-order valence-electron chi connectivity index (χ2n) is 6.64. The van der Waals surface area contributed by atoms with Crippen LogP contribution >= 0.6 is 11.3 Å². The first-order chi connectivity index (χ1) is 12.3. The molecule has 1 saturated heterocycles. The molecule has 0 N–H and O–H groups in total. The average molecular weight is 357 g/mol. The minimum Gasteiger partial charge on any atom is -0.493 e. The highest BCUT2D eigenvalue weighted by Crippen LogP contribution is 2.43. The quantitative estimate of drug-likeness (QED) is 0.839. The van der Waals surface area contributed by atoms with Crippen molar-refractivity contribution in [2.45, 2.75) is 31.3 Å². The lowest BCUT2D eigenvalue weighted by Crippen LogP contribution is -2.48. The van der Waals surface area contributed by atoms with E-state index in [-0.39, 0.29) is 11.5 Å². The molecule has 4 rings (SSSR count). The fourth-order valence-electron chi connectivity index (χ4n) is 3.82. The number of rotatable bonds is 4. The van der Waals surface area contributed by atoms with Crippen molar-refractivity contribution in [3.8, 4) is 5.75 Å². The fourth-order valence-corrected chi connectivity index (χ4v) is 4.77. The van der Waals surface area contributed by atoms with Crippen LogP contribution in [0.5, 0.6) is 5.75 Å². The molecule has 0 saturated carbocycles. The van der Waals surface area contributed by atoms with E-state index in [4.69, 9.17) is 9.47 Å². The zero-order chi connectivity index (χ0) is 17.1. The van der Waals surface area contributed by atoms with E-state index in [2.05, 4.69) is 11.4 Å². The molecule has 0 radical (unpaired) electrons. The SMILES string of the molecule is O=C(CCOc1ccccc1)N1CCC2(CC1)OCCc1sccc12. The van der Waals surface area contributed by atoms with Gasteiger partial charge >= 0.3 is 0 Å². The summed E-state index contributed by atoms with van der Waals surface area (Å²) in [5.74, 6) is 0.987. The number of carbonyl (C=O) groups excluding carboxylic acids is 1. The van der Waals surface area contributed by atoms with E-state index < -0.39 is 0 Å². The van der Waals surface area contributed by atoms with Crippen LogP contribution in [0.1, 0.15) is 29.7 Å². The Kier molecular flexibility index (Phi) is 4.77. The lowest BCUT2D eigenvalue weighted by molar-refractivity contribution is -0.141. The van der Waals surface area contributed by atoms with Gasteiger partial charge in [-0.3, -0.25) is 4.79 Å². The maximum atomic E-state index is 12.5. The first-order valence-corrected chi connectivity index (χ1v) is 9.81. The topological polar surface area (TPSA) is 38.8 Å². The van der Waals surface area contributed by atoms with Crippen LogP contribution < -0.4 is 4.74 Å². The van der Waals surface area contributed by atoms with Gasteiger partial charge < -0.3 is 14.4 Å². The van der Waals surface area contributed by atoms with Crippen molar-refractivity contribution in [1.82, 2.24) is 4.90 Å². The van der Waals surface area contributed by atoms with Gasteiger partial charge in [-0.1, -0.05) is 18.2 Å². The van der Waals surface area contributed by atoms with Gasteiger partial charge in [0.15, 0.2) is 0 Å². The van der Waals surface area contributed by atoms with E-state index in [0.717, 1.165) is 44.7 Å². The Morgan fingerprint density at radius 2 is 2.00 bits per heavy atom. The van der Waals surface area contributed by atoms with E-state index in [1.807, 2.05) is 46.6 Å². The number of benzene rings is 1. The number of hydrogen-bond donors (Lipinski definition) is 0. The van der Waals surface area contributed by atoms with E-state index in [0.29, 0.717) is 13.0 Å². The molecule has 1 aromatic heterocycles. The van der Waals surface area contributed by atoms with Crippen molar-refractivity contribution in [2.24, 2.45) is 0 Å². The summed E-state index contributed by atoms with van der Waals surface area (Å²) < 4.78 is 11.8. The number of ether oxygens (including phenoxy) is 2. The highest BCUT2D eigenvalue weighted by Gasteiger charge is 2.42. The van der Waals surface area contributed by atoms with Crippen LogP contribution in [0.25, 0.3) is 0 Å². The number of fused-ring (bicyclic) bond motifs is 2. The van der Waals surface area contributed by atoms with Gasteiger partial charge in [-0.2, -0.15) is 0 Å². The number of carbonyl (C=O) groups is 1. The molecular formula is C20H23NO3S. The van der Waals surface area contributed by atoms with Gasteiger partial charge in [-0.05, 0) is 42.0 Å². The zero-order valence-electron chi connectivity index (χ0n) is 14.3. The summed E-state index contributed by atoms with van der Waals surface area (Å²) in [6.07, 6.45) is 3.23. The molecule has 2 aromatic rings. The molecule has 1 fully saturated rings. The maximum Gasteiger partial charge on any atom is 0.226 e. The number of piperidine rings is 1. The predicted octanol–water partition coefficient (Wildman–Crippen LogP) is 3.61. The lowest BCUT2D eigenvalue weighted by Gasteiger charge is -2.44. The molecule has 0 unspecified atom stereocenters. The van der Waals surface area contributed by atoms with Gasteiger partial charge in [0.05, 0.1) is 25.2 Å². The molecule has 2 aliphatic rings. The molecule has 1 aromatic carbocycles. The Morgan fingerprint density at radius 3 is 2.80 bits per heavy atom. The van der Waals surface area contributed by atoms with Gasteiger partial charge in [0, 0.05) is 24.4 Å². The Balaban J connectivity index is 1.30. The molecule has 0 atom stereocenters. The molecule has 1 amide bonds. The zero-order valence-corrected chi connectivity index (χ0v) is 15.1. The van der Waals surface area contributed by atoms with Crippen LogP contribution in [-0.2, 0) is 21.6 Å². The number of hydrogen-bond acceptors (Lipinski definition) is 4. The van der Waals surface area contributed by atoms with E-state index in [9.17, 15) is 4.79 Å². The first-order valence-electron chi connectivity index (χ1n) is 8.93. The summed E-state index contributed by atoms with van der Waals surface area (Å²) in [5, 5.41) is 2.17. The van der Waals surface area contributed by atoms with Crippen molar-refractivity contribution in [2.75, 3.05) is 26.3 Å². The molecule has 5 heteroatoms. The molecule has 2 aliphatic heterocycles. The average Bonchev–Trinajstić information content (AvgIpc) is 3.14. The van der Waals surface area contributed by atoms with E-state index in [1.165, 1.54) is 10.4 Å². The fraction of sp³-hybridized carbons (Fsp3) is 0.450. The number of amides is 1. The Bertz CT molecular complexity index is 720. The summed E-state index contributed by atoms with van der Waals surface area (Å²) in [7, 11) is 0. The third kappa shape index (κ3) is 3.44. The van der Waals surface area contributed by atoms with E-state index >= 15 is 0 Å². The molecule has 3 heterocycles. The largest absolute Gasteiger partial charge is 0.493 e. The molecule has 0 bridgehead atoms. The highest BCUT2D eigenvalue weighted by molar-refractivity contribution is 7.10. The van der Waals surface area contributed by atoms with Gasteiger partial charge in [-0.25, -0.2) is 0 Å². The molecule has 132 valence electrons. The third-order valence-electron chi connectivity index (χ3n) is 5.20. The number of para-hydroxylation sites is 1. The number of thiophene rings is 1. The van der Waals surface area contributed by atoms with Gasteiger partial charge in [0.25, 0.3) is 0 Å². The lowest BCUT2D eigenvalue weighted by atomic mass is 9.82. The molecular weight excluding hydrogens is 334 g/mol. The second kappa shape index (κ2) is 7.18. The summed E-state index contributed by atoms with van der Waals surface area (Å²) in [6, 6.07) is 11.9. The summed E-state index contributed by atoms with van der Waals surface area (Å²) in [4.78, 5) is 15.9. The molecule has 25 heavy (non-hydrogen) atoms. The predicted molar refractivity (Wildman–Crippen MR) is 98.0 cm³/mol. The standard InChI is InChI=1S/C20H23NO3S/c22-19(7-13-23-16-4-2-1-3-5-16)21-11-9-20(10-12-21)17-8-15-25-18(17)6-14-24-20/h1-5,8,15H,6-7,9-14H2. The molecule has 4 nitrogen and oxygen atoms in total. The van der Waals surface area contributed by atoms with E-state index in [1.54, 1.807) is 0 Å². The Morgan fingerprint density at radius 1 is 1.20 bits per heavy atom. The van der Waals surface area contributed by atoms with Crippen LogP contribution in [-0.4, -0.2) is 37.1 Å². The maximum absolute atomic E-state index is 12.5. The molecule has 0 aliphatic carbocycles. The monoisotopic (exact) mass is 357 g/mol. The van der Waals surface area contributed by atoms with Crippen LogP contribution in [0.4, 0.5) is 0 Å². The molecule has 1 spiro atoms. The second-order valence-corrected chi connectivity index (χ2v) is 7.64. The normalized spacial score (nSPS) is 18.8. The van der Waals surface area contributed by atoms with Crippen molar-refractivity contribution >= 4 is 17.2 Å². The number of likely N-dealkylation sites (tertiary alicyclic amines) is 1.